The highest BCUT2D eigenvalue weighted by Gasteiger charge is 2.21. The lowest BCUT2D eigenvalue weighted by molar-refractivity contribution is 0.241. The lowest BCUT2D eigenvalue weighted by Gasteiger charge is -2.27. The molecule has 1 atom stereocenters. The fourth-order valence-electron chi connectivity index (χ4n) is 4.25. The van der Waals surface area contributed by atoms with E-state index in [4.69, 9.17) is 4.74 Å². The predicted molar refractivity (Wildman–Crippen MR) is 114 cm³/mol. The molecule has 0 bridgehead atoms. The molecular weight excluding hydrogens is 365 g/mol. The van der Waals surface area contributed by atoms with Crippen molar-refractivity contribution in [3.63, 3.8) is 0 Å². The SMILES string of the molecule is Fc1ccc2[nH]cc(CCCCN[C@H]3COc4c(ccc5ncccc45)C3)c2c1. The van der Waals surface area contributed by atoms with E-state index in [2.05, 4.69) is 33.5 Å². The van der Waals surface area contributed by atoms with Gasteiger partial charge in [0.15, 0.2) is 0 Å². The summed E-state index contributed by atoms with van der Waals surface area (Å²) in [5, 5.41) is 5.72. The van der Waals surface area contributed by atoms with Crippen LogP contribution in [0.2, 0.25) is 0 Å². The summed E-state index contributed by atoms with van der Waals surface area (Å²) >= 11 is 0. The third-order valence-electron chi connectivity index (χ3n) is 5.75. The molecule has 4 nitrogen and oxygen atoms in total. The molecule has 2 N–H and O–H groups in total. The molecular formula is C24H24FN3O. The number of fused-ring (bicyclic) bond motifs is 4. The number of benzene rings is 2. The fraction of sp³-hybridized carbons (Fsp3) is 0.292. The number of nitrogens with one attached hydrogen (secondary N) is 2. The molecule has 0 amide bonds. The Balaban J connectivity index is 1.13. The summed E-state index contributed by atoms with van der Waals surface area (Å²) in [5.74, 6) is 0.807. The minimum absolute atomic E-state index is 0.179. The lowest BCUT2D eigenvalue weighted by atomic mass is 9.99. The minimum Gasteiger partial charge on any atom is -0.491 e. The van der Waals surface area contributed by atoms with E-state index in [1.807, 2.05) is 18.5 Å². The van der Waals surface area contributed by atoms with E-state index in [0.717, 1.165) is 59.8 Å². The van der Waals surface area contributed by atoms with Gasteiger partial charge in [0, 0.05) is 34.7 Å². The van der Waals surface area contributed by atoms with Crippen molar-refractivity contribution < 1.29 is 9.13 Å². The van der Waals surface area contributed by atoms with Crippen LogP contribution in [0.15, 0.2) is 54.9 Å². The van der Waals surface area contributed by atoms with Crippen LogP contribution in [0.4, 0.5) is 4.39 Å². The first-order valence-electron chi connectivity index (χ1n) is 10.3. The van der Waals surface area contributed by atoms with Gasteiger partial charge in [0.05, 0.1) is 5.52 Å². The number of aromatic amines is 1. The Kier molecular flexibility index (Phi) is 4.90. The van der Waals surface area contributed by atoms with E-state index in [0.29, 0.717) is 12.6 Å². The number of halogens is 1. The van der Waals surface area contributed by atoms with Gasteiger partial charge in [-0.3, -0.25) is 4.98 Å². The average Bonchev–Trinajstić information content (AvgIpc) is 3.15. The molecule has 2 aromatic heterocycles. The van der Waals surface area contributed by atoms with E-state index in [1.165, 1.54) is 17.2 Å². The molecule has 0 spiro atoms. The van der Waals surface area contributed by atoms with E-state index >= 15 is 0 Å². The largest absolute Gasteiger partial charge is 0.491 e. The predicted octanol–water partition coefficient (Wildman–Crippen LogP) is 4.77. The zero-order chi connectivity index (χ0) is 19.6. The monoisotopic (exact) mass is 389 g/mol. The van der Waals surface area contributed by atoms with E-state index < -0.39 is 0 Å². The summed E-state index contributed by atoms with van der Waals surface area (Å²) in [4.78, 5) is 7.63. The fourth-order valence-corrected chi connectivity index (χ4v) is 4.25. The Hall–Kier alpha value is -2.92. The number of aromatic nitrogens is 2. The number of unbranched alkanes of at least 4 members (excludes halogenated alkanes) is 1. The van der Waals surface area contributed by atoms with E-state index in [1.54, 1.807) is 12.1 Å². The molecule has 0 saturated carbocycles. The minimum atomic E-state index is -0.179. The van der Waals surface area contributed by atoms with Crippen molar-refractivity contribution >= 4 is 21.8 Å². The summed E-state index contributed by atoms with van der Waals surface area (Å²) in [6.07, 6.45) is 7.89. The third-order valence-corrected chi connectivity index (χ3v) is 5.75. The van der Waals surface area contributed by atoms with Gasteiger partial charge in [-0.1, -0.05) is 6.07 Å². The lowest BCUT2D eigenvalue weighted by Crippen LogP contribution is -2.39. The van der Waals surface area contributed by atoms with Crippen molar-refractivity contribution in [2.75, 3.05) is 13.2 Å². The maximum absolute atomic E-state index is 13.5. The van der Waals surface area contributed by atoms with Gasteiger partial charge in [0.25, 0.3) is 0 Å². The molecule has 3 heterocycles. The molecule has 4 aromatic rings. The van der Waals surface area contributed by atoms with Gasteiger partial charge in [-0.25, -0.2) is 4.39 Å². The molecule has 1 aliphatic heterocycles. The topological polar surface area (TPSA) is 49.9 Å². The standard InChI is InChI=1S/C24H24FN3O/c25-18-7-9-23-21(13-18)17(14-28-23)4-1-2-10-26-19-12-16-6-8-22-20(5-3-11-27-22)24(16)29-15-19/h3,5-9,11,13-14,19,26,28H,1-2,4,10,12,15H2/t19-/m1/s1. The molecule has 0 radical (unpaired) electrons. The summed E-state index contributed by atoms with van der Waals surface area (Å²) in [5.41, 5.74) is 4.42. The summed E-state index contributed by atoms with van der Waals surface area (Å²) in [7, 11) is 0. The molecule has 1 aliphatic rings. The first kappa shape index (κ1) is 18.1. The maximum Gasteiger partial charge on any atom is 0.132 e. The van der Waals surface area contributed by atoms with Crippen LogP contribution in [0.5, 0.6) is 5.75 Å². The highest BCUT2D eigenvalue weighted by Crippen LogP contribution is 2.32. The van der Waals surface area contributed by atoms with Crippen molar-refractivity contribution in [3.8, 4) is 5.75 Å². The zero-order valence-corrected chi connectivity index (χ0v) is 16.2. The van der Waals surface area contributed by atoms with Gasteiger partial charge in [-0.2, -0.15) is 0 Å². The van der Waals surface area contributed by atoms with Crippen LogP contribution in [0, 0.1) is 5.82 Å². The van der Waals surface area contributed by atoms with Crippen molar-refractivity contribution in [3.05, 3.63) is 71.8 Å². The van der Waals surface area contributed by atoms with Crippen LogP contribution < -0.4 is 10.1 Å². The molecule has 0 fully saturated rings. The molecule has 0 saturated heterocycles. The van der Waals surface area contributed by atoms with Gasteiger partial charge < -0.3 is 15.0 Å². The maximum atomic E-state index is 13.5. The second-order valence-corrected chi connectivity index (χ2v) is 7.75. The summed E-state index contributed by atoms with van der Waals surface area (Å²) in [6.45, 7) is 1.64. The quantitative estimate of drug-likeness (QED) is 0.467. The number of pyridine rings is 1. The molecule has 148 valence electrons. The number of hydrogen-bond acceptors (Lipinski definition) is 3. The number of nitrogens with zero attached hydrogens (tertiary/aromatic N) is 1. The highest BCUT2D eigenvalue weighted by atomic mass is 19.1. The number of H-pyrrole nitrogens is 1. The number of aryl methyl sites for hydroxylation is 1. The Morgan fingerprint density at radius 3 is 3.07 bits per heavy atom. The summed E-state index contributed by atoms with van der Waals surface area (Å²) < 4.78 is 19.6. The van der Waals surface area contributed by atoms with Gasteiger partial charge in [0.2, 0.25) is 0 Å². The molecule has 29 heavy (non-hydrogen) atoms. The Morgan fingerprint density at radius 1 is 1.14 bits per heavy atom. The van der Waals surface area contributed by atoms with Gasteiger partial charge in [-0.05, 0) is 79.8 Å². The van der Waals surface area contributed by atoms with Crippen molar-refractivity contribution in [2.45, 2.75) is 31.7 Å². The second-order valence-electron chi connectivity index (χ2n) is 7.75. The number of rotatable bonds is 6. The van der Waals surface area contributed by atoms with Gasteiger partial charge in [-0.15, -0.1) is 0 Å². The Labute approximate surface area is 169 Å². The smallest absolute Gasteiger partial charge is 0.132 e. The zero-order valence-electron chi connectivity index (χ0n) is 16.2. The van der Waals surface area contributed by atoms with Crippen LogP contribution in [0.1, 0.15) is 24.0 Å². The van der Waals surface area contributed by atoms with Crippen LogP contribution >= 0.6 is 0 Å². The van der Waals surface area contributed by atoms with E-state index in [9.17, 15) is 4.39 Å². The second kappa shape index (κ2) is 7.84. The van der Waals surface area contributed by atoms with Gasteiger partial charge >= 0.3 is 0 Å². The normalized spacial score (nSPS) is 16.1. The van der Waals surface area contributed by atoms with Crippen molar-refractivity contribution in [1.82, 2.24) is 15.3 Å². The molecule has 5 rings (SSSR count). The van der Waals surface area contributed by atoms with Crippen LogP contribution in [0.3, 0.4) is 0 Å². The highest BCUT2D eigenvalue weighted by molar-refractivity contribution is 5.86. The number of ether oxygens (including phenoxy) is 1. The van der Waals surface area contributed by atoms with Crippen LogP contribution in [-0.4, -0.2) is 29.2 Å². The summed E-state index contributed by atoms with van der Waals surface area (Å²) in [6, 6.07) is 13.5. The van der Waals surface area contributed by atoms with Crippen molar-refractivity contribution in [2.24, 2.45) is 0 Å². The molecule has 2 aromatic carbocycles. The van der Waals surface area contributed by atoms with Crippen LogP contribution in [0.25, 0.3) is 21.8 Å². The Bertz CT molecular complexity index is 1150. The Morgan fingerprint density at radius 2 is 2.10 bits per heavy atom. The first-order chi connectivity index (χ1) is 14.3. The van der Waals surface area contributed by atoms with E-state index in [-0.39, 0.29) is 5.82 Å². The third kappa shape index (κ3) is 3.70. The van der Waals surface area contributed by atoms with Gasteiger partial charge in [0.1, 0.15) is 18.2 Å². The van der Waals surface area contributed by atoms with Crippen molar-refractivity contribution in [1.29, 1.82) is 0 Å². The van der Waals surface area contributed by atoms with Crippen LogP contribution in [-0.2, 0) is 12.8 Å². The molecule has 0 unspecified atom stereocenters. The first-order valence-corrected chi connectivity index (χ1v) is 10.3. The molecule has 0 aliphatic carbocycles. The molecule has 5 heteroatoms. The average molecular weight is 389 g/mol. The number of hydrogen-bond donors (Lipinski definition) is 2.